The number of hydrazine groups is 1. The van der Waals surface area contributed by atoms with Crippen LogP contribution in [0, 0.1) is 0 Å². The molecule has 3 heterocycles. The summed E-state index contributed by atoms with van der Waals surface area (Å²) < 4.78 is 5.56. The van der Waals surface area contributed by atoms with Crippen molar-refractivity contribution in [3.05, 3.63) is 48.3 Å². The van der Waals surface area contributed by atoms with Gasteiger partial charge >= 0.3 is 6.09 Å². The summed E-state index contributed by atoms with van der Waals surface area (Å²) in [5, 5.41) is 12.2. The second-order valence-electron chi connectivity index (χ2n) is 9.41. The molecular weight excluding hydrogens is 422 g/mol. The molecule has 2 N–H and O–H groups in total. The van der Waals surface area contributed by atoms with Gasteiger partial charge in [0.2, 0.25) is 5.91 Å². The van der Waals surface area contributed by atoms with Crippen LogP contribution in [0.2, 0.25) is 0 Å². The van der Waals surface area contributed by atoms with Gasteiger partial charge in [0, 0.05) is 45.2 Å². The zero-order valence-electron chi connectivity index (χ0n) is 19.5. The average molecular weight is 454 g/mol. The van der Waals surface area contributed by atoms with Crippen LogP contribution in [0.1, 0.15) is 39.2 Å². The number of hydrogen-bond acceptors (Lipinski definition) is 7. The summed E-state index contributed by atoms with van der Waals surface area (Å²) >= 11 is 0. The van der Waals surface area contributed by atoms with Gasteiger partial charge in [-0.15, -0.1) is 0 Å². The standard InChI is InChI=1S/C24H31N5O4/c1-16-13-28(23(31)33-20-6-5-9-25-12-20)22-10-18(7-8-21(22)29(16)17(2)30)19-11-26-27(14-19)15-24(3,4)32/h5-10,12,16,19,26,32H,11,13-15H2,1-4H3/t16-,19?/m0/s1. The highest BCUT2D eigenvalue weighted by Gasteiger charge is 2.36. The van der Waals surface area contributed by atoms with Crippen LogP contribution in [0.5, 0.6) is 5.75 Å². The van der Waals surface area contributed by atoms with Crippen molar-refractivity contribution >= 4 is 23.4 Å². The number of β-amino-alcohol motifs (C(OH)–C–C–N with tert-alkyl or cyclic N) is 1. The third-order valence-corrected chi connectivity index (χ3v) is 5.89. The van der Waals surface area contributed by atoms with Crippen LogP contribution in [0.15, 0.2) is 42.7 Å². The van der Waals surface area contributed by atoms with Crippen LogP contribution in [-0.4, -0.2) is 64.9 Å². The number of carbonyl (C=O) groups is 2. The molecule has 0 aliphatic carbocycles. The maximum Gasteiger partial charge on any atom is 0.419 e. The maximum atomic E-state index is 13.1. The molecule has 9 heteroatoms. The van der Waals surface area contributed by atoms with Crippen molar-refractivity contribution in [3.8, 4) is 5.75 Å². The minimum atomic E-state index is -0.803. The minimum Gasteiger partial charge on any atom is -0.408 e. The molecule has 0 bridgehead atoms. The molecule has 9 nitrogen and oxygen atoms in total. The lowest BCUT2D eigenvalue weighted by atomic mass is 9.96. The summed E-state index contributed by atoms with van der Waals surface area (Å²) in [5.41, 5.74) is 4.92. The zero-order chi connectivity index (χ0) is 23.8. The molecule has 1 fully saturated rings. The van der Waals surface area contributed by atoms with Crippen molar-refractivity contribution in [2.45, 2.75) is 45.3 Å². The van der Waals surface area contributed by atoms with Gasteiger partial charge in [-0.05, 0) is 50.6 Å². The predicted octanol–water partition coefficient (Wildman–Crippen LogP) is 2.52. The number of amides is 2. The summed E-state index contributed by atoms with van der Waals surface area (Å²) in [5.74, 6) is 0.471. The Morgan fingerprint density at radius 3 is 2.70 bits per heavy atom. The van der Waals surface area contributed by atoms with Gasteiger partial charge in [-0.25, -0.2) is 9.80 Å². The molecule has 2 aliphatic rings. The van der Waals surface area contributed by atoms with E-state index in [1.54, 1.807) is 42.0 Å². The van der Waals surface area contributed by atoms with E-state index in [0.29, 0.717) is 30.2 Å². The fraction of sp³-hybridized carbons (Fsp3) is 0.458. The third-order valence-electron chi connectivity index (χ3n) is 5.89. The van der Waals surface area contributed by atoms with Crippen molar-refractivity contribution in [1.29, 1.82) is 0 Å². The number of benzene rings is 1. The first-order valence-corrected chi connectivity index (χ1v) is 11.2. The van der Waals surface area contributed by atoms with Gasteiger partial charge in [0.1, 0.15) is 0 Å². The number of nitrogens with zero attached hydrogens (tertiary/aromatic N) is 4. The van der Waals surface area contributed by atoms with Gasteiger partial charge < -0.3 is 14.7 Å². The first-order valence-electron chi connectivity index (χ1n) is 11.2. The summed E-state index contributed by atoms with van der Waals surface area (Å²) in [7, 11) is 0. The van der Waals surface area contributed by atoms with E-state index in [4.69, 9.17) is 4.74 Å². The van der Waals surface area contributed by atoms with Gasteiger partial charge in [-0.2, -0.15) is 0 Å². The molecule has 33 heavy (non-hydrogen) atoms. The molecule has 176 valence electrons. The van der Waals surface area contributed by atoms with Crippen molar-refractivity contribution < 1.29 is 19.4 Å². The molecule has 2 amide bonds. The summed E-state index contributed by atoms with van der Waals surface area (Å²) in [6.45, 7) is 9.30. The number of rotatable bonds is 4. The van der Waals surface area contributed by atoms with E-state index in [1.807, 2.05) is 30.1 Å². The second kappa shape index (κ2) is 9.09. The predicted molar refractivity (Wildman–Crippen MR) is 125 cm³/mol. The van der Waals surface area contributed by atoms with Crippen LogP contribution >= 0.6 is 0 Å². The molecule has 1 saturated heterocycles. The fourth-order valence-corrected chi connectivity index (χ4v) is 4.56. The van der Waals surface area contributed by atoms with Crippen LogP contribution in [-0.2, 0) is 4.79 Å². The Morgan fingerprint density at radius 1 is 1.24 bits per heavy atom. The van der Waals surface area contributed by atoms with Crippen LogP contribution in [0.4, 0.5) is 16.2 Å². The summed E-state index contributed by atoms with van der Waals surface area (Å²) in [6, 6.07) is 9.08. The first kappa shape index (κ1) is 23.2. The average Bonchev–Trinajstić information content (AvgIpc) is 3.20. The smallest absolute Gasteiger partial charge is 0.408 e. The molecule has 1 unspecified atom stereocenters. The Balaban J connectivity index is 1.63. The molecule has 2 aliphatic heterocycles. The Kier molecular flexibility index (Phi) is 6.38. The van der Waals surface area contributed by atoms with E-state index in [-0.39, 0.29) is 17.9 Å². The van der Waals surface area contributed by atoms with Gasteiger partial charge in [-0.1, -0.05) is 6.07 Å². The SMILES string of the molecule is CC(=O)N1c2ccc(C3CNN(CC(C)(C)O)C3)cc2N(C(=O)Oc2cccnc2)C[C@@H]1C. The normalized spacial score (nSPS) is 21.1. The molecule has 2 atom stereocenters. The van der Waals surface area contributed by atoms with Gasteiger partial charge in [0.25, 0.3) is 0 Å². The quantitative estimate of drug-likeness (QED) is 0.734. The van der Waals surface area contributed by atoms with E-state index in [1.165, 1.54) is 13.1 Å². The third kappa shape index (κ3) is 5.16. The Labute approximate surface area is 193 Å². The second-order valence-corrected chi connectivity index (χ2v) is 9.41. The largest absolute Gasteiger partial charge is 0.419 e. The van der Waals surface area contributed by atoms with Crippen LogP contribution in [0.3, 0.4) is 0 Å². The van der Waals surface area contributed by atoms with Crippen molar-refractivity contribution in [3.63, 3.8) is 0 Å². The molecule has 4 rings (SSSR count). The Morgan fingerprint density at radius 2 is 2.03 bits per heavy atom. The number of fused-ring (bicyclic) bond motifs is 1. The molecule has 0 radical (unpaired) electrons. The summed E-state index contributed by atoms with van der Waals surface area (Å²) in [4.78, 5) is 32.8. The number of pyridine rings is 1. The van der Waals surface area contributed by atoms with Gasteiger partial charge in [0.15, 0.2) is 5.75 Å². The number of hydrogen-bond donors (Lipinski definition) is 2. The van der Waals surface area contributed by atoms with Crippen LogP contribution < -0.4 is 20.0 Å². The molecule has 0 saturated carbocycles. The highest BCUT2D eigenvalue weighted by atomic mass is 16.6. The zero-order valence-corrected chi connectivity index (χ0v) is 19.5. The lowest BCUT2D eigenvalue weighted by Crippen LogP contribution is -2.52. The lowest BCUT2D eigenvalue weighted by molar-refractivity contribution is -0.117. The Hall–Kier alpha value is -3.01. The topological polar surface area (TPSA) is 98.2 Å². The minimum absolute atomic E-state index is 0.0735. The number of aromatic nitrogens is 1. The van der Waals surface area contributed by atoms with Crippen LogP contribution in [0.25, 0.3) is 0 Å². The number of anilines is 2. The van der Waals surface area contributed by atoms with Gasteiger partial charge in [0.05, 0.1) is 29.2 Å². The highest BCUT2D eigenvalue weighted by molar-refractivity contribution is 6.02. The van der Waals surface area contributed by atoms with E-state index in [2.05, 4.69) is 10.4 Å². The van der Waals surface area contributed by atoms with Crippen molar-refractivity contribution in [1.82, 2.24) is 15.4 Å². The molecule has 0 spiro atoms. The molecule has 2 aromatic rings. The summed E-state index contributed by atoms with van der Waals surface area (Å²) in [6.07, 6.45) is 2.60. The number of nitrogens with one attached hydrogen (secondary N) is 1. The number of ether oxygens (including phenoxy) is 1. The number of aliphatic hydroxyl groups is 1. The van der Waals surface area contributed by atoms with Gasteiger partial charge in [-0.3, -0.25) is 20.1 Å². The number of carbonyl (C=O) groups excluding carboxylic acids is 2. The highest BCUT2D eigenvalue weighted by Crippen LogP contribution is 2.39. The molecule has 1 aromatic heterocycles. The molecule has 1 aromatic carbocycles. The monoisotopic (exact) mass is 453 g/mol. The molecular formula is C24H31N5O4. The van der Waals surface area contributed by atoms with Crippen molar-refractivity contribution in [2.24, 2.45) is 0 Å². The van der Waals surface area contributed by atoms with Crippen molar-refractivity contribution in [2.75, 3.05) is 36.0 Å². The Bertz CT molecular complexity index is 1020. The fourth-order valence-electron chi connectivity index (χ4n) is 4.56. The van der Waals surface area contributed by atoms with E-state index in [9.17, 15) is 14.7 Å². The lowest BCUT2D eigenvalue weighted by Gasteiger charge is -2.40. The maximum absolute atomic E-state index is 13.1. The van der Waals surface area contributed by atoms with E-state index < -0.39 is 11.7 Å². The van der Waals surface area contributed by atoms with E-state index in [0.717, 1.165) is 18.7 Å². The van der Waals surface area contributed by atoms with E-state index >= 15 is 0 Å². The first-order chi connectivity index (χ1) is 15.6.